The average Bonchev–Trinajstić information content (AvgIpc) is 3.30. The van der Waals surface area contributed by atoms with Crippen molar-refractivity contribution < 1.29 is 19.4 Å². The van der Waals surface area contributed by atoms with Crippen molar-refractivity contribution in [1.29, 1.82) is 5.26 Å². The number of methoxy groups -OCH3 is 1. The first-order valence-electron chi connectivity index (χ1n) is 13.0. The molecule has 0 saturated heterocycles. The van der Waals surface area contributed by atoms with Crippen molar-refractivity contribution in [2.45, 2.75) is 69.9 Å². The summed E-state index contributed by atoms with van der Waals surface area (Å²) in [4.78, 5) is 31.8. The molecule has 0 unspecified atom stereocenters. The monoisotopic (exact) mass is 500 g/mol. The lowest BCUT2D eigenvalue weighted by Crippen LogP contribution is -2.42. The van der Waals surface area contributed by atoms with Crippen LogP contribution in [0.15, 0.2) is 42.5 Å². The minimum absolute atomic E-state index is 0.00292. The largest absolute Gasteiger partial charge is 0.481 e. The molecule has 4 atom stereocenters. The summed E-state index contributed by atoms with van der Waals surface area (Å²) in [6, 6.07) is 15.7. The number of aromatic nitrogens is 2. The zero-order valence-corrected chi connectivity index (χ0v) is 21.3. The van der Waals surface area contributed by atoms with E-state index in [9.17, 15) is 20.0 Å². The predicted octanol–water partition coefficient (Wildman–Crippen LogP) is 5.61. The van der Waals surface area contributed by atoms with Crippen LogP contribution in [0.2, 0.25) is 0 Å². The van der Waals surface area contributed by atoms with Gasteiger partial charge in [0.2, 0.25) is 0 Å². The number of carboxylic acids is 1. The third kappa shape index (κ3) is 4.55. The van der Waals surface area contributed by atoms with Crippen LogP contribution < -0.4 is 4.90 Å². The van der Waals surface area contributed by atoms with E-state index in [1.165, 1.54) is 7.11 Å². The fraction of sp³-hybridized carbons (Fsp3) is 0.448. The molecule has 1 N–H and O–H groups in total. The van der Waals surface area contributed by atoms with Gasteiger partial charge < -0.3 is 14.4 Å². The van der Waals surface area contributed by atoms with Gasteiger partial charge in [0.1, 0.15) is 5.82 Å². The van der Waals surface area contributed by atoms with Gasteiger partial charge in [0.05, 0.1) is 35.8 Å². The molecule has 0 radical (unpaired) electrons. The Hall–Kier alpha value is -3.86. The lowest BCUT2D eigenvalue weighted by atomic mass is 9.86. The first-order valence-corrected chi connectivity index (χ1v) is 13.0. The van der Waals surface area contributed by atoms with Gasteiger partial charge in [0.25, 0.3) is 0 Å². The summed E-state index contributed by atoms with van der Waals surface area (Å²) in [6.07, 6.45) is 4.87. The number of hydrogen-bond donors (Lipinski definition) is 1. The lowest BCUT2D eigenvalue weighted by molar-refractivity contribution is -0.138. The maximum atomic E-state index is 12.6. The van der Waals surface area contributed by atoms with Crippen molar-refractivity contribution in [2.75, 3.05) is 12.0 Å². The van der Waals surface area contributed by atoms with Crippen LogP contribution in [0.3, 0.4) is 0 Å². The van der Waals surface area contributed by atoms with E-state index in [2.05, 4.69) is 10.6 Å². The Morgan fingerprint density at radius 1 is 1.19 bits per heavy atom. The SMILES string of the molecule is COC(=O)N1c2ccc3c(nc(C[C@H](C(=O)O)c4ccccc4)n3[C@H]3CCC[C@@H](C#N)C3)c2CC[C@@H]1C. The third-order valence-corrected chi connectivity index (χ3v) is 7.98. The summed E-state index contributed by atoms with van der Waals surface area (Å²) in [7, 11) is 1.39. The van der Waals surface area contributed by atoms with Gasteiger partial charge >= 0.3 is 12.1 Å². The second-order valence-electron chi connectivity index (χ2n) is 10.2. The number of aryl methyl sites for hydroxylation is 1. The standard InChI is InChI=1S/C29H32N4O4/c1-18-11-12-22-24(32(18)29(36)37-2)13-14-25-27(22)31-26(33(25)21-10-6-7-19(15-21)17-30)16-23(28(34)35)20-8-4-3-5-9-20/h3-5,8-9,13-14,18-19,21,23H,6-7,10-12,15-16H2,1-2H3,(H,34,35)/t18-,19+,21-,23-/m0/s1. The van der Waals surface area contributed by atoms with Gasteiger partial charge in [-0.3, -0.25) is 9.69 Å². The van der Waals surface area contributed by atoms with Crippen LogP contribution in [0.25, 0.3) is 11.0 Å². The Kier molecular flexibility index (Phi) is 6.88. The smallest absolute Gasteiger partial charge is 0.414 e. The van der Waals surface area contributed by atoms with Crippen molar-refractivity contribution >= 4 is 28.8 Å². The maximum absolute atomic E-state index is 12.6. The molecule has 1 amide bonds. The molecule has 3 aromatic rings. The van der Waals surface area contributed by atoms with Gasteiger partial charge in [-0.15, -0.1) is 0 Å². The van der Waals surface area contributed by atoms with E-state index in [1.807, 2.05) is 49.4 Å². The second kappa shape index (κ2) is 10.3. The molecule has 1 saturated carbocycles. The highest BCUT2D eigenvalue weighted by atomic mass is 16.5. The minimum atomic E-state index is -0.893. The van der Waals surface area contributed by atoms with Gasteiger partial charge in [0.15, 0.2) is 0 Å². The van der Waals surface area contributed by atoms with Gasteiger partial charge in [-0.25, -0.2) is 9.78 Å². The van der Waals surface area contributed by atoms with E-state index in [1.54, 1.807) is 4.90 Å². The number of ether oxygens (including phenoxy) is 1. The van der Waals surface area contributed by atoms with Crippen molar-refractivity contribution in [3.05, 3.63) is 59.4 Å². The van der Waals surface area contributed by atoms with Crippen molar-refractivity contribution in [3.8, 4) is 6.07 Å². The first kappa shape index (κ1) is 24.8. The maximum Gasteiger partial charge on any atom is 0.414 e. The number of amides is 1. The zero-order chi connectivity index (χ0) is 26.1. The molecule has 2 heterocycles. The second-order valence-corrected chi connectivity index (χ2v) is 10.2. The molecule has 1 aliphatic carbocycles. The predicted molar refractivity (Wildman–Crippen MR) is 140 cm³/mol. The highest BCUT2D eigenvalue weighted by molar-refractivity contribution is 5.95. The molecule has 0 spiro atoms. The van der Waals surface area contributed by atoms with Crippen LogP contribution >= 0.6 is 0 Å². The van der Waals surface area contributed by atoms with Crippen LogP contribution in [0.5, 0.6) is 0 Å². The van der Waals surface area contributed by atoms with E-state index in [-0.39, 0.29) is 24.4 Å². The Balaban J connectivity index is 1.66. The molecule has 1 fully saturated rings. The number of fused-ring (bicyclic) bond motifs is 3. The first-order chi connectivity index (χ1) is 17.9. The van der Waals surface area contributed by atoms with Crippen LogP contribution in [-0.4, -0.2) is 39.9 Å². The molecule has 192 valence electrons. The van der Waals surface area contributed by atoms with Crippen LogP contribution in [0.1, 0.15) is 67.9 Å². The Morgan fingerprint density at radius 3 is 2.68 bits per heavy atom. The van der Waals surface area contributed by atoms with Crippen LogP contribution in [0.4, 0.5) is 10.5 Å². The Labute approximate surface area is 216 Å². The Bertz CT molecular complexity index is 1360. The Morgan fingerprint density at radius 2 is 1.97 bits per heavy atom. The van der Waals surface area contributed by atoms with Gasteiger partial charge in [-0.05, 0) is 56.7 Å². The normalized spacial score (nSPS) is 22.2. The minimum Gasteiger partial charge on any atom is -0.481 e. The number of nitrogens with zero attached hydrogens (tertiary/aromatic N) is 4. The van der Waals surface area contributed by atoms with E-state index in [0.717, 1.165) is 66.4 Å². The van der Waals surface area contributed by atoms with E-state index in [0.29, 0.717) is 5.82 Å². The molecule has 2 aliphatic rings. The number of nitriles is 1. The van der Waals surface area contributed by atoms with Crippen LogP contribution in [-0.2, 0) is 22.4 Å². The van der Waals surface area contributed by atoms with Gasteiger partial charge in [-0.1, -0.05) is 36.8 Å². The number of carbonyl (C=O) groups is 2. The number of hydrogen-bond acceptors (Lipinski definition) is 5. The summed E-state index contributed by atoms with van der Waals surface area (Å²) < 4.78 is 7.26. The number of carboxylic acid groups (broad SMARTS) is 1. The molecule has 8 heteroatoms. The molecule has 8 nitrogen and oxygen atoms in total. The highest BCUT2D eigenvalue weighted by Gasteiger charge is 2.34. The quantitative estimate of drug-likeness (QED) is 0.488. The number of imidazole rings is 1. The number of carbonyl (C=O) groups excluding carboxylic acids is 1. The fourth-order valence-corrected chi connectivity index (χ4v) is 6.11. The molecular weight excluding hydrogens is 468 g/mol. The van der Waals surface area contributed by atoms with Crippen molar-refractivity contribution in [3.63, 3.8) is 0 Å². The zero-order valence-electron chi connectivity index (χ0n) is 21.3. The molecule has 0 bridgehead atoms. The summed E-state index contributed by atoms with van der Waals surface area (Å²) in [5.74, 6) is -0.946. The van der Waals surface area contributed by atoms with Crippen molar-refractivity contribution in [1.82, 2.24) is 9.55 Å². The number of aliphatic carboxylic acids is 1. The number of benzene rings is 2. The van der Waals surface area contributed by atoms with Crippen molar-refractivity contribution in [2.24, 2.45) is 5.92 Å². The van der Waals surface area contributed by atoms with E-state index < -0.39 is 18.0 Å². The summed E-state index contributed by atoms with van der Waals surface area (Å²) >= 11 is 0. The van der Waals surface area contributed by atoms with E-state index >= 15 is 0 Å². The average molecular weight is 501 g/mol. The van der Waals surface area contributed by atoms with Crippen LogP contribution in [0, 0.1) is 17.2 Å². The highest BCUT2D eigenvalue weighted by Crippen LogP contribution is 2.41. The third-order valence-electron chi connectivity index (χ3n) is 7.98. The molecule has 1 aliphatic heterocycles. The topological polar surface area (TPSA) is 108 Å². The number of rotatable bonds is 5. The van der Waals surface area contributed by atoms with Gasteiger partial charge in [-0.2, -0.15) is 5.26 Å². The fourth-order valence-electron chi connectivity index (χ4n) is 6.11. The summed E-state index contributed by atoms with van der Waals surface area (Å²) in [5, 5.41) is 19.8. The molecule has 5 rings (SSSR count). The van der Waals surface area contributed by atoms with Gasteiger partial charge in [0, 0.05) is 30.0 Å². The lowest BCUT2D eigenvalue weighted by Gasteiger charge is -2.34. The van der Waals surface area contributed by atoms with E-state index in [4.69, 9.17) is 9.72 Å². The molecule has 2 aromatic carbocycles. The molecular formula is C29H32N4O4. The summed E-state index contributed by atoms with van der Waals surface area (Å²) in [5.41, 5.74) is 4.27. The summed E-state index contributed by atoms with van der Waals surface area (Å²) in [6.45, 7) is 2.01. The molecule has 1 aromatic heterocycles. The number of anilines is 1. The molecule has 37 heavy (non-hydrogen) atoms.